The van der Waals surface area contributed by atoms with E-state index in [2.05, 4.69) is 10.3 Å². The van der Waals surface area contributed by atoms with Gasteiger partial charge in [-0.3, -0.25) is 15.1 Å². The second kappa shape index (κ2) is 6.35. The van der Waals surface area contributed by atoms with Crippen molar-refractivity contribution in [1.82, 2.24) is 15.2 Å². The average Bonchev–Trinajstić information content (AvgIpc) is 2.37. The number of likely N-dealkylation sites (N-methyl/N-ethyl adjacent to an activating group) is 1. The number of nitrogens with zero attached hydrogens (tertiary/aromatic N) is 2. The molecule has 1 aromatic heterocycles. The third kappa shape index (κ3) is 3.82. The van der Waals surface area contributed by atoms with Gasteiger partial charge >= 0.3 is 0 Å². The summed E-state index contributed by atoms with van der Waals surface area (Å²) in [5.41, 5.74) is 1.14. The molecule has 0 aliphatic rings. The van der Waals surface area contributed by atoms with Crippen molar-refractivity contribution in [3.05, 3.63) is 30.1 Å². The zero-order valence-electron chi connectivity index (χ0n) is 11.0. The molecule has 94 valence electrons. The molecule has 1 amide bonds. The summed E-state index contributed by atoms with van der Waals surface area (Å²) in [5.74, 6) is 0.119. The number of carbonyl (C=O) groups excluding carboxylic acids is 1. The molecule has 0 radical (unpaired) electrons. The molecule has 2 unspecified atom stereocenters. The number of rotatable bonds is 5. The largest absolute Gasteiger partial charge is 0.345 e. The van der Waals surface area contributed by atoms with Gasteiger partial charge in [0.2, 0.25) is 5.91 Å². The molecule has 0 bridgehead atoms. The molecule has 0 saturated carbocycles. The van der Waals surface area contributed by atoms with Crippen LogP contribution in [0.15, 0.2) is 24.5 Å². The molecule has 1 aromatic rings. The van der Waals surface area contributed by atoms with Crippen LogP contribution < -0.4 is 5.32 Å². The van der Waals surface area contributed by atoms with Crippen molar-refractivity contribution in [3.63, 3.8) is 0 Å². The van der Waals surface area contributed by atoms with Gasteiger partial charge in [-0.1, -0.05) is 0 Å². The highest BCUT2D eigenvalue weighted by molar-refractivity contribution is 5.81. The van der Waals surface area contributed by atoms with Crippen LogP contribution in [0.1, 0.15) is 32.4 Å². The Labute approximate surface area is 103 Å². The quantitative estimate of drug-likeness (QED) is 0.843. The molecule has 0 aliphatic heterocycles. The molecule has 0 spiro atoms. The number of aromatic nitrogens is 1. The summed E-state index contributed by atoms with van der Waals surface area (Å²) in [7, 11) is 1.82. The van der Waals surface area contributed by atoms with Gasteiger partial charge in [0.05, 0.1) is 6.04 Å². The topological polar surface area (TPSA) is 45.2 Å². The lowest BCUT2D eigenvalue weighted by Gasteiger charge is -2.24. The fourth-order valence-corrected chi connectivity index (χ4v) is 1.68. The molecule has 2 atom stereocenters. The lowest BCUT2D eigenvalue weighted by atomic mass is 10.1. The van der Waals surface area contributed by atoms with Crippen LogP contribution in [-0.2, 0) is 4.79 Å². The van der Waals surface area contributed by atoms with Gasteiger partial charge in [0.25, 0.3) is 0 Å². The number of hydrogen-bond acceptors (Lipinski definition) is 3. The molecular formula is C13H21N3O. The third-order valence-corrected chi connectivity index (χ3v) is 2.93. The summed E-state index contributed by atoms with van der Waals surface area (Å²) in [6.07, 6.45) is 3.52. The van der Waals surface area contributed by atoms with Crippen molar-refractivity contribution in [2.75, 3.05) is 13.6 Å². The van der Waals surface area contributed by atoms with E-state index in [0.29, 0.717) is 0 Å². The standard InChI is InChI=1S/C13H21N3O/c1-5-16(4)13(17)11(3)15-10(2)12-6-8-14-9-7-12/h6-11,15H,5H2,1-4H3. The predicted molar refractivity (Wildman–Crippen MR) is 68.6 cm³/mol. The van der Waals surface area contributed by atoms with Crippen LogP contribution in [0, 0.1) is 0 Å². The van der Waals surface area contributed by atoms with Crippen molar-refractivity contribution in [1.29, 1.82) is 0 Å². The maximum absolute atomic E-state index is 11.9. The molecule has 17 heavy (non-hydrogen) atoms. The van der Waals surface area contributed by atoms with Gasteiger partial charge in [-0.05, 0) is 38.5 Å². The van der Waals surface area contributed by atoms with E-state index in [1.54, 1.807) is 17.3 Å². The average molecular weight is 235 g/mol. The highest BCUT2D eigenvalue weighted by Gasteiger charge is 2.18. The van der Waals surface area contributed by atoms with Gasteiger partial charge in [-0.15, -0.1) is 0 Å². The van der Waals surface area contributed by atoms with Crippen LogP contribution in [-0.4, -0.2) is 35.4 Å². The Balaban J connectivity index is 2.57. The van der Waals surface area contributed by atoms with Gasteiger partial charge in [0.1, 0.15) is 0 Å². The first-order valence-corrected chi connectivity index (χ1v) is 5.97. The van der Waals surface area contributed by atoms with Crippen molar-refractivity contribution >= 4 is 5.91 Å². The summed E-state index contributed by atoms with van der Waals surface area (Å²) in [5, 5.41) is 3.29. The second-order valence-corrected chi connectivity index (χ2v) is 4.24. The van der Waals surface area contributed by atoms with Gasteiger partial charge in [-0.25, -0.2) is 0 Å². The van der Waals surface area contributed by atoms with E-state index >= 15 is 0 Å². The highest BCUT2D eigenvalue weighted by atomic mass is 16.2. The Bertz CT molecular complexity index is 353. The second-order valence-electron chi connectivity index (χ2n) is 4.24. The van der Waals surface area contributed by atoms with E-state index in [1.807, 2.05) is 40.0 Å². The van der Waals surface area contributed by atoms with Gasteiger partial charge < -0.3 is 4.90 Å². The lowest BCUT2D eigenvalue weighted by molar-refractivity contribution is -0.131. The van der Waals surface area contributed by atoms with Crippen molar-refractivity contribution in [2.45, 2.75) is 32.9 Å². The minimum Gasteiger partial charge on any atom is -0.345 e. The Morgan fingerprint density at radius 3 is 2.53 bits per heavy atom. The number of hydrogen-bond donors (Lipinski definition) is 1. The van der Waals surface area contributed by atoms with E-state index in [-0.39, 0.29) is 18.0 Å². The molecular weight excluding hydrogens is 214 g/mol. The van der Waals surface area contributed by atoms with Gasteiger partial charge in [0.15, 0.2) is 0 Å². The van der Waals surface area contributed by atoms with E-state index in [1.165, 1.54) is 0 Å². The number of nitrogens with one attached hydrogen (secondary N) is 1. The van der Waals surface area contributed by atoms with Crippen LogP contribution in [0.3, 0.4) is 0 Å². The molecule has 1 N–H and O–H groups in total. The molecule has 1 heterocycles. The third-order valence-electron chi connectivity index (χ3n) is 2.93. The molecule has 0 saturated heterocycles. The van der Waals surface area contributed by atoms with Crippen LogP contribution in [0.5, 0.6) is 0 Å². The maximum Gasteiger partial charge on any atom is 0.239 e. The molecule has 4 nitrogen and oxygen atoms in total. The van der Waals surface area contributed by atoms with E-state index in [9.17, 15) is 4.79 Å². The minimum atomic E-state index is -0.178. The van der Waals surface area contributed by atoms with Crippen molar-refractivity contribution in [3.8, 4) is 0 Å². The first-order valence-electron chi connectivity index (χ1n) is 5.97. The fourth-order valence-electron chi connectivity index (χ4n) is 1.68. The van der Waals surface area contributed by atoms with Crippen LogP contribution >= 0.6 is 0 Å². The fraction of sp³-hybridized carbons (Fsp3) is 0.538. The lowest BCUT2D eigenvalue weighted by Crippen LogP contribution is -2.43. The van der Waals surface area contributed by atoms with E-state index in [4.69, 9.17) is 0 Å². The monoisotopic (exact) mass is 235 g/mol. The van der Waals surface area contributed by atoms with E-state index < -0.39 is 0 Å². The van der Waals surface area contributed by atoms with Crippen LogP contribution in [0.2, 0.25) is 0 Å². The molecule has 0 aliphatic carbocycles. The Morgan fingerprint density at radius 2 is 2.00 bits per heavy atom. The summed E-state index contributed by atoms with van der Waals surface area (Å²) in [6.45, 7) is 6.64. The summed E-state index contributed by atoms with van der Waals surface area (Å²) in [4.78, 5) is 17.6. The summed E-state index contributed by atoms with van der Waals surface area (Å²) in [6, 6.07) is 3.88. The SMILES string of the molecule is CCN(C)C(=O)C(C)NC(C)c1ccncc1. The van der Waals surface area contributed by atoms with Crippen LogP contribution in [0.4, 0.5) is 0 Å². The number of amides is 1. The Kier molecular flexibility index (Phi) is 5.10. The zero-order valence-corrected chi connectivity index (χ0v) is 11.0. The van der Waals surface area contributed by atoms with Gasteiger partial charge in [0, 0.05) is 32.0 Å². The highest BCUT2D eigenvalue weighted by Crippen LogP contribution is 2.11. The Morgan fingerprint density at radius 1 is 1.41 bits per heavy atom. The maximum atomic E-state index is 11.9. The van der Waals surface area contributed by atoms with Crippen molar-refractivity contribution in [2.24, 2.45) is 0 Å². The first kappa shape index (κ1) is 13.6. The minimum absolute atomic E-state index is 0.119. The number of carbonyl (C=O) groups is 1. The molecule has 0 fully saturated rings. The van der Waals surface area contributed by atoms with E-state index in [0.717, 1.165) is 12.1 Å². The zero-order chi connectivity index (χ0) is 12.8. The van der Waals surface area contributed by atoms with Crippen LogP contribution in [0.25, 0.3) is 0 Å². The number of pyridine rings is 1. The smallest absolute Gasteiger partial charge is 0.239 e. The normalized spacial score (nSPS) is 14.1. The molecule has 1 rings (SSSR count). The Hall–Kier alpha value is -1.42. The van der Waals surface area contributed by atoms with Crippen molar-refractivity contribution < 1.29 is 4.79 Å². The van der Waals surface area contributed by atoms with Gasteiger partial charge in [-0.2, -0.15) is 0 Å². The predicted octanol–water partition coefficient (Wildman–Crippen LogP) is 1.60. The molecule has 4 heteroatoms. The summed E-state index contributed by atoms with van der Waals surface area (Å²) >= 11 is 0. The molecule has 0 aromatic carbocycles. The first-order chi connectivity index (χ1) is 8.06. The summed E-state index contributed by atoms with van der Waals surface area (Å²) < 4.78 is 0.